The van der Waals surface area contributed by atoms with E-state index in [9.17, 15) is 5.11 Å². The molecule has 1 aromatic rings. The number of hydrogen-bond donors (Lipinski definition) is 2. The molecule has 96 valence electrons. The first-order valence-corrected chi connectivity index (χ1v) is 6.56. The Kier molecular flexibility index (Phi) is 3.84. The van der Waals surface area contributed by atoms with E-state index in [2.05, 4.69) is 28.0 Å². The summed E-state index contributed by atoms with van der Waals surface area (Å²) in [5.41, 5.74) is -0.0849. The van der Waals surface area contributed by atoms with E-state index >= 15 is 0 Å². The fourth-order valence-corrected chi connectivity index (χ4v) is 2.88. The van der Waals surface area contributed by atoms with E-state index in [1.807, 2.05) is 13.2 Å². The number of aromatic nitrogens is 2. The minimum absolute atomic E-state index is 0.0849. The standard InChI is InChI=1S/C13H23N3O/c1-3-4-12-15-7-8-16(12)11-5-6-13(9-11,10-17)14-2/h7-8,11,14,17H,3-6,9-10H2,1-2H3. The fraction of sp³-hybridized carbons (Fsp3) is 0.769. The Morgan fingerprint density at radius 2 is 2.47 bits per heavy atom. The van der Waals surface area contributed by atoms with Crippen molar-refractivity contribution in [2.75, 3.05) is 13.7 Å². The van der Waals surface area contributed by atoms with E-state index in [1.54, 1.807) is 0 Å². The lowest BCUT2D eigenvalue weighted by Gasteiger charge is -2.26. The quantitative estimate of drug-likeness (QED) is 0.816. The van der Waals surface area contributed by atoms with Gasteiger partial charge in [0, 0.05) is 30.4 Å². The van der Waals surface area contributed by atoms with Crippen LogP contribution >= 0.6 is 0 Å². The first-order valence-electron chi connectivity index (χ1n) is 6.56. The number of hydrogen-bond acceptors (Lipinski definition) is 3. The molecular formula is C13H23N3O. The fourth-order valence-electron chi connectivity index (χ4n) is 2.88. The second kappa shape index (κ2) is 5.19. The van der Waals surface area contributed by atoms with Crippen LogP contribution in [0.3, 0.4) is 0 Å². The molecule has 0 bridgehead atoms. The monoisotopic (exact) mass is 237 g/mol. The van der Waals surface area contributed by atoms with E-state index in [-0.39, 0.29) is 12.1 Å². The Bertz CT molecular complexity index is 357. The van der Waals surface area contributed by atoms with Crippen LogP contribution in [0.1, 0.15) is 44.5 Å². The van der Waals surface area contributed by atoms with Crippen LogP contribution < -0.4 is 5.32 Å². The maximum atomic E-state index is 9.52. The van der Waals surface area contributed by atoms with Crippen molar-refractivity contribution >= 4 is 0 Å². The minimum Gasteiger partial charge on any atom is -0.394 e. The first-order chi connectivity index (χ1) is 8.24. The van der Waals surface area contributed by atoms with Crippen molar-refractivity contribution in [1.29, 1.82) is 0 Å². The van der Waals surface area contributed by atoms with Crippen LogP contribution in [0.25, 0.3) is 0 Å². The summed E-state index contributed by atoms with van der Waals surface area (Å²) in [6, 6.07) is 0.485. The Morgan fingerprint density at radius 1 is 1.65 bits per heavy atom. The highest BCUT2D eigenvalue weighted by Crippen LogP contribution is 2.37. The molecular weight excluding hydrogens is 214 g/mol. The number of nitrogens with zero attached hydrogens (tertiary/aromatic N) is 2. The molecule has 4 nitrogen and oxygen atoms in total. The number of aliphatic hydroxyl groups is 1. The summed E-state index contributed by atoms with van der Waals surface area (Å²) >= 11 is 0. The maximum Gasteiger partial charge on any atom is 0.108 e. The van der Waals surface area contributed by atoms with Crippen molar-refractivity contribution in [3.63, 3.8) is 0 Å². The number of rotatable bonds is 5. The third kappa shape index (κ3) is 2.38. The van der Waals surface area contributed by atoms with Gasteiger partial charge in [0.2, 0.25) is 0 Å². The SMILES string of the molecule is CCCc1nccn1C1CCC(CO)(NC)C1. The van der Waals surface area contributed by atoms with Crippen LogP contribution in [-0.4, -0.2) is 33.9 Å². The Hall–Kier alpha value is -0.870. The lowest BCUT2D eigenvalue weighted by atomic mass is 9.99. The van der Waals surface area contributed by atoms with Gasteiger partial charge in [-0.25, -0.2) is 4.98 Å². The zero-order chi connectivity index (χ0) is 12.3. The zero-order valence-electron chi connectivity index (χ0n) is 10.8. The lowest BCUT2D eigenvalue weighted by molar-refractivity contribution is 0.168. The summed E-state index contributed by atoms with van der Waals surface area (Å²) in [5.74, 6) is 1.18. The van der Waals surface area contributed by atoms with Crippen LogP contribution in [-0.2, 0) is 6.42 Å². The predicted octanol–water partition coefficient (Wildman–Crippen LogP) is 1.51. The summed E-state index contributed by atoms with van der Waals surface area (Å²) in [4.78, 5) is 4.43. The van der Waals surface area contributed by atoms with Gasteiger partial charge >= 0.3 is 0 Å². The lowest BCUT2D eigenvalue weighted by Crippen LogP contribution is -2.44. The molecule has 1 fully saturated rings. The average Bonchev–Trinajstić information content (AvgIpc) is 2.96. The van der Waals surface area contributed by atoms with Gasteiger partial charge in [0.15, 0.2) is 0 Å². The number of imidazole rings is 1. The molecule has 2 atom stereocenters. The van der Waals surface area contributed by atoms with Gasteiger partial charge in [-0.2, -0.15) is 0 Å². The average molecular weight is 237 g/mol. The van der Waals surface area contributed by atoms with E-state index in [0.717, 1.165) is 32.1 Å². The Labute approximate surface area is 103 Å². The van der Waals surface area contributed by atoms with Gasteiger partial charge in [0.1, 0.15) is 5.82 Å². The van der Waals surface area contributed by atoms with Gasteiger partial charge in [-0.05, 0) is 32.7 Å². The molecule has 17 heavy (non-hydrogen) atoms. The molecule has 4 heteroatoms. The van der Waals surface area contributed by atoms with E-state index < -0.39 is 0 Å². The highest BCUT2D eigenvalue weighted by atomic mass is 16.3. The Morgan fingerprint density at radius 3 is 3.06 bits per heavy atom. The minimum atomic E-state index is -0.0849. The predicted molar refractivity (Wildman–Crippen MR) is 68.0 cm³/mol. The second-order valence-corrected chi connectivity index (χ2v) is 5.09. The van der Waals surface area contributed by atoms with Gasteiger partial charge in [0.05, 0.1) is 6.61 Å². The molecule has 0 spiro atoms. The highest BCUT2D eigenvalue weighted by molar-refractivity contribution is 5.03. The third-order valence-corrected chi connectivity index (χ3v) is 4.03. The van der Waals surface area contributed by atoms with E-state index in [0.29, 0.717) is 6.04 Å². The molecule has 0 aliphatic heterocycles. The second-order valence-electron chi connectivity index (χ2n) is 5.09. The normalized spacial score (nSPS) is 28.8. The van der Waals surface area contributed by atoms with Crippen molar-refractivity contribution in [1.82, 2.24) is 14.9 Å². The summed E-state index contributed by atoms with van der Waals surface area (Å²) in [6.45, 7) is 2.40. The van der Waals surface area contributed by atoms with Crippen molar-refractivity contribution < 1.29 is 5.11 Å². The number of likely N-dealkylation sites (N-methyl/N-ethyl adjacent to an activating group) is 1. The van der Waals surface area contributed by atoms with E-state index in [1.165, 1.54) is 5.82 Å². The summed E-state index contributed by atoms with van der Waals surface area (Å²) in [7, 11) is 1.94. The van der Waals surface area contributed by atoms with Crippen LogP contribution in [0.5, 0.6) is 0 Å². The highest BCUT2D eigenvalue weighted by Gasteiger charge is 2.38. The molecule has 2 unspecified atom stereocenters. The number of aliphatic hydroxyl groups excluding tert-OH is 1. The molecule has 1 heterocycles. The van der Waals surface area contributed by atoms with Gasteiger partial charge in [0.25, 0.3) is 0 Å². The smallest absolute Gasteiger partial charge is 0.108 e. The molecule has 2 rings (SSSR count). The van der Waals surface area contributed by atoms with Gasteiger partial charge < -0.3 is 15.0 Å². The number of aryl methyl sites for hydroxylation is 1. The molecule has 0 saturated heterocycles. The molecule has 1 aliphatic rings. The number of nitrogens with one attached hydrogen (secondary N) is 1. The first kappa shape index (κ1) is 12.6. The third-order valence-electron chi connectivity index (χ3n) is 4.03. The van der Waals surface area contributed by atoms with Crippen molar-refractivity contribution in [2.45, 2.75) is 50.6 Å². The molecule has 0 amide bonds. The molecule has 0 aromatic carbocycles. The van der Waals surface area contributed by atoms with Gasteiger partial charge in [-0.15, -0.1) is 0 Å². The van der Waals surface area contributed by atoms with Crippen LogP contribution in [0.15, 0.2) is 12.4 Å². The molecule has 1 aromatic heterocycles. The molecule has 2 N–H and O–H groups in total. The Balaban J connectivity index is 2.11. The molecule has 0 radical (unpaired) electrons. The van der Waals surface area contributed by atoms with Crippen molar-refractivity contribution in [3.8, 4) is 0 Å². The van der Waals surface area contributed by atoms with Crippen LogP contribution in [0.2, 0.25) is 0 Å². The van der Waals surface area contributed by atoms with Crippen LogP contribution in [0.4, 0.5) is 0 Å². The molecule has 1 saturated carbocycles. The van der Waals surface area contributed by atoms with Crippen molar-refractivity contribution in [2.24, 2.45) is 0 Å². The summed E-state index contributed by atoms with van der Waals surface area (Å²) in [6.07, 6.45) is 9.29. The maximum absolute atomic E-state index is 9.52. The van der Waals surface area contributed by atoms with E-state index in [4.69, 9.17) is 0 Å². The topological polar surface area (TPSA) is 50.1 Å². The molecule has 1 aliphatic carbocycles. The van der Waals surface area contributed by atoms with Gasteiger partial charge in [-0.3, -0.25) is 0 Å². The van der Waals surface area contributed by atoms with Gasteiger partial charge in [-0.1, -0.05) is 6.92 Å². The zero-order valence-corrected chi connectivity index (χ0v) is 10.8. The van der Waals surface area contributed by atoms with Crippen LogP contribution in [0, 0.1) is 0 Å². The summed E-state index contributed by atoms with van der Waals surface area (Å²) < 4.78 is 2.30. The largest absolute Gasteiger partial charge is 0.394 e. The summed E-state index contributed by atoms with van der Waals surface area (Å²) in [5, 5.41) is 12.8. The van der Waals surface area contributed by atoms with Crippen molar-refractivity contribution in [3.05, 3.63) is 18.2 Å².